The third-order valence-corrected chi connectivity index (χ3v) is 3.95. The van der Waals surface area contributed by atoms with Gasteiger partial charge in [-0.05, 0) is 24.9 Å². The van der Waals surface area contributed by atoms with E-state index in [4.69, 9.17) is 0 Å². The molecule has 2 unspecified atom stereocenters. The molecule has 2 fully saturated rings. The average Bonchev–Trinajstić information content (AvgIpc) is 2.88. The number of likely N-dealkylation sites (tertiary alicyclic amines) is 2. The molecular weight excluding hydrogens is 200 g/mol. The van der Waals surface area contributed by atoms with Crippen molar-refractivity contribution in [3.63, 3.8) is 0 Å². The van der Waals surface area contributed by atoms with E-state index in [2.05, 4.69) is 21.9 Å². The molecule has 0 saturated carbocycles. The van der Waals surface area contributed by atoms with Crippen molar-refractivity contribution in [2.45, 2.75) is 6.54 Å². The van der Waals surface area contributed by atoms with E-state index >= 15 is 0 Å². The molecule has 3 rings (SSSR count). The van der Waals surface area contributed by atoms with Crippen molar-refractivity contribution in [2.24, 2.45) is 11.8 Å². The minimum absolute atomic E-state index is 0.919. The number of fused-ring (bicyclic) bond motifs is 1. The van der Waals surface area contributed by atoms with Crippen LogP contribution in [0.2, 0.25) is 0 Å². The molecule has 2 aliphatic rings. The lowest BCUT2D eigenvalue weighted by Crippen LogP contribution is -2.29. The number of rotatable bonds is 3. The highest BCUT2D eigenvalue weighted by atomic mass is 15.3. The zero-order valence-electron chi connectivity index (χ0n) is 9.92. The molecule has 4 nitrogen and oxygen atoms in total. The Kier molecular flexibility index (Phi) is 2.69. The van der Waals surface area contributed by atoms with Gasteiger partial charge in [0.05, 0.1) is 6.54 Å². The van der Waals surface area contributed by atoms with Crippen molar-refractivity contribution in [1.82, 2.24) is 19.6 Å². The summed E-state index contributed by atoms with van der Waals surface area (Å²) in [6.07, 6.45) is 3.90. The van der Waals surface area contributed by atoms with Crippen LogP contribution in [-0.4, -0.2) is 59.4 Å². The molecule has 0 spiro atoms. The van der Waals surface area contributed by atoms with Gasteiger partial charge in [-0.2, -0.15) is 5.10 Å². The highest BCUT2D eigenvalue weighted by molar-refractivity contribution is 4.91. The van der Waals surface area contributed by atoms with Gasteiger partial charge in [-0.15, -0.1) is 0 Å². The summed E-state index contributed by atoms with van der Waals surface area (Å²) in [5.74, 6) is 1.84. The van der Waals surface area contributed by atoms with Gasteiger partial charge >= 0.3 is 0 Å². The average molecular weight is 220 g/mol. The van der Waals surface area contributed by atoms with Crippen LogP contribution in [0.5, 0.6) is 0 Å². The van der Waals surface area contributed by atoms with Crippen LogP contribution in [0.3, 0.4) is 0 Å². The largest absolute Gasteiger partial charge is 0.306 e. The van der Waals surface area contributed by atoms with E-state index < -0.39 is 0 Å². The van der Waals surface area contributed by atoms with Gasteiger partial charge < -0.3 is 9.80 Å². The summed E-state index contributed by atoms with van der Waals surface area (Å²) in [5, 5.41) is 4.24. The van der Waals surface area contributed by atoms with Gasteiger partial charge in [0.1, 0.15) is 0 Å². The maximum atomic E-state index is 4.24. The van der Waals surface area contributed by atoms with E-state index in [0.29, 0.717) is 0 Å². The predicted molar refractivity (Wildman–Crippen MR) is 63.1 cm³/mol. The molecule has 1 aromatic rings. The first-order valence-corrected chi connectivity index (χ1v) is 6.19. The number of aromatic nitrogens is 2. The molecule has 2 saturated heterocycles. The Hall–Kier alpha value is -0.870. The minimum atomic E-state index is 0.919. The zero-order valence-corrected chi connectivity index (χ0v) is 9.92. The first-order valence-electron chi connectivity index (χ1n) is 6.19. The molecule has 1 aromatic heterocycles. The Labute approximate surface area is 96.8 Å². The molecule has 0 N–H and O–H groups in total. The first kappa shape index (κ1) is 10.3. The molecule has 2 atom stereocenters. The van der Waals surface area contributed by atoms with Crippen molar-refractivity contribution in [1.29, 1.82) is 0 Å². The van der Waals surface area contributed by atoms with Crippen molar-refractivity contribution >= 4 is 0 Å². The highest BCUT2D eigenvalue weighted by Crippen LogP contribution is 2.29. The lowest BCUT2D eigenvalue weighted by atomic mass is 10.0. The Morgan fingerprint density at radius 1 is 1.12 bits per heavy atom. The monoisotopic (exact) mass is 220 g/mol. The van der Waals surface area contributed by atoms with Crippen molar-refractivity contribution in [3.8, 4) is 0 Å². The third-order valence-electron chi connectivity index (χ3n) is 3.95. The molecule has 88 valence electrons. The summed E-state index contributed by atoms with van der Waals surface area (Å²) >= 11 is 0. The van der Waals surface area contributed by atoms with Crippen LogP contribution >= 0.6 is 0 Å². The second-order valence-corrected chi connectivity index (χ2v) is 5.27. The van der Waals surface area contributed by atoms with Gasteiger partial charge in [0.15, 0.2) is 0 Å². The third kappa shape index (κ3) is 1.99. The summed E-state index contributed by atoms with van der Waals surface area (Å²) in [6, 6.07) is 1.99. The topological polar surface area (TPSA) is 24.3 Å². The Bertz CT molecular complexity index is 321. The molecule has 16 heavy (non-hydrogen) atoms. The van der Waals surface area contributed by atoms with Gasteiger partial charge in [-0.3, -0.25) is 4.68 Å². The molecule has 0 bridgehead atoms. The van der Waals surface area contributed by atoms with E-state index in [1.807, 2.05) is 23.1 Å². The van der Waals surface area contributed by atoms with Gasteiger partial charge in [-0.1, -0.05) is 0 Å². The highest BCUT2D eigenvalue weighted by Gasteiger charge is 2.38. The molecule has 0 amide bonds. The number of nitrogens with zero attached hydrogens (tertiary/aromatic N) is 4. The SMILES string of the molecule is CN1CC2CN(CCn3cccn3)CC2C1. The molecular formula is C12H20N4. The van der Waals surface area contributed by atoms with Crippen LogP contribution in [0.15, 0.2) is 18.5 Å². The van der Waals surface area contributed by atoms with Crippen LogP contribution in [0.4, 0.5) is 0 Å². The normalized spacial score (nSPS) is 31.1. The first-order chi connectivity index (χ1) is 7.81. The van der Waals surface area contributed by atoms with Crippen molar-refractivity contribution in [3.05, 3.63) is 18.5 Å². The molecule has 0 aliphatic carbocycles. The smallest absolute Gasteiger partial charge is 0.0536 e. The fraction of sp³-hybridized carbons (Fsp3) is 0.750. The number of hydrogen-bond acceptors (Lipinski definition) is 3. The van der Waals surface area contributed by atoms with Gasteiger partial charge in [-0.25, -0.2) is 0 Å². The fourth-order valence-corrected chi connectivity index (χ4v) is 3.18. The van der Waals surface area contributed by atoms with E-state index in [1.165, 1.54) is 26.2 Å². The second kappa shape index (κ2) is 4.18. The molecule has 2 aliphatic heterocycles. The fourth-order valence-electron chi connectivity index (χ4n) is 3.18. The summed E-state index contributed by atoms with van der Waals surface area (Å²) in [4.78, 5) is 5.07. The van der Waals surface area contributed by atoms with Gasteiger partial charge in [0, 0.05) is 45.1 Å². The lowest BCUT2D eigenvalue weighted by Gasteiger charge is -2.18. The molecule has 4 heteroatoms. The minimum Gasteiger partial charge on any atom is -0.306 e. The van der Waals surface area contributed by atoms with Crippen LogP contribution in [-0.2, 0) is 6.54 Å². The Balaban J connectivity index is 1.49. The van der Waals surface area contributed by atoms with Crippen LogP contribution in [0.25, 0.3) is 0 Å². The summed E-state index contributed by atoms with van der Waals surface area (Å²) < 4.78 is 2.03. The Morgan fingerprint density at radius 3 is 2.50 bits per heavy atom. The zero-order chi connectivity index (χ0) is 11.0. The summed E-state index contributed by atoms with van der Waals surface area (Å²) in [6.45, 7) is 7.35. The second-order valence-electron chi connectivity index (χ2n) is 5.27. The van der Waals surface area contributed by atoms with Crippen LogP contribution < -0.4 is 0 Å². The summed E-state index contributed by atoms with van der Waals surface area (Å²) in [7, 11) is 2.24. The van der Waals surface area contributed by atoms with Gasteiger partial charge in [0.2, 0.25) is 0 Å². The quantitative estimate of drug-likeness (QED) is 0.736. The summed E-state index contributed by atoms with van der Waals surface area (Å²) in [5.41, 5.74) is 0. The molecule has 0 radical (unpaired) electrons. The van der Waals surface area contributed by atoms with Crippen molar-refractivity contribution in [2.75, 3.05) is 39.8 Å². The Morgan fingerprint density at radius 2 is 1.88 bits per heavy atom. The predicted octanol–water partition coefficient (Wildman–Crippen LogP) is 0.376. The lowest BCUT2D eigenvalue weighted by molar-refractivity contribution is 0.266. The van der Waals surface area contributed by atoms with Crippen LogP contribution in [0.1, 0.15) is 0 Å². The van der Waals surface area contributed by atoms with Crippen LogP contribution in [0, 0.1) is 11.8 Å². The van der Waals surface area contributed by atoms with E-state index in [1.54, 1.807) is 0 Å². The maximum absolute atomic E-state index is 4.24. The van der Waals surface area contributed by atoms with E-state index in [9.17, 15) is 0 Å². The standard InChI is InChI=1S/C12H20N4/c1-14-7-11-9-15(10-12(11)8-14)5-6-16-4-2-3-13-16/h2-4,11-12H,5-10H2,1H3. The maximum Gasteiger partial charge on any atom is 0.0536 e. The molecule has 3 heterocycles. The number of hydrogen-bond donors (Lipinski definition) is 0. The molecule has 0 aromatic carbocycles. The van der Waals surface area contributed by atoms with E-state index in [0.717, 1.165) is 24.9 Å². The van der Waals surface area contributed by atoms with Gasteiger partial charge in [0.25, 0.3) is 0 Å². The van der Waals surface area contributed by atoms with Crippen molar-refractivity contribution < 1.29 is 0 Å². The van der Waals surface area contributed by atoms with E-state index in [-0.39, 0.29) is 0 Å².